The first-order chi connectivity index (χ1) is 8.33. The van der Waals surface area contributed by atoms with Crippen molar-refractivity contribution in [3.05, 3.63) is 35.9 Å². The fourth-order valence-corrected chi connectivity index (χ4v) is 3.09. The van der Waals surface area contributed by atoms with Crippen LogP contribution in [0.3, 0.4) is 0 Å². The molecule has 2 atom stereocenters. The van der Waals surface area contributed by atoms with E-state index in [1.165, 1.54) is 31.7 Å². The Morgan fingerprint density at radius 1 is 1.12 bits per heavy atom. The highest BCUT2D eigenvalue weighted by atomic mass is 15.3. The van der Waals surface area contributed by atoms with E-state index in [4.69, 9.17) is 5.73 Å². The molecule has 92 valence electrons. The van der Waals surface area contributed by atoms with Crippen LogP contribution in [0.1, 0.15) is 5.56 Å². The van der Waals surface area contributed by atoms with Crippen LogP contribution < -0.4 is 5.73 Å². The summed E-state index contributed by atoms with van der Waals surface area (Å²) in [5.74, 6) is 0. The fourth-order valence-electron chi connectivity index (χ4n) is 3.09. The molecule has 0 aromatic heterocycles. The number of rotatable bonds is 3. The summed E-state index contributed by atoms with van der Waals surface area (Å²) in [6.45, 7) is 6.03. The van der Waals surface area contributed by atoms with Gasteiger partial charge in [-0.05, 0) is 12.0 Å². The SMILES string of the molecule is NC(Cc1ccccc1)C1CN2CCN1CC2. The lowest BCUT2D eigenvalue weighted by Crippen LogP contribution is -2.66. The normalized spacial score (nSPS) is 33.6. The highest BCUT2D eigenvalue weighted by Gasteiger charge is 2.35. The Kier molecular flexibility index (Phi) is 3.14. The van der Waals surface area contributed by atoms with Crippen molar-refractivity contribution < 1.29 is 0 Å². The van der Waals surface area contributed by atoms with Gasteiger partial charge in [-0.15, -0.1) is 0 Å². The molecule has 3 heteroatoms. The molecule has 0 radical (unpaired) electrons. The van der Waals surface area contributed by atoms with Gasteiger partial charge in [0.15, 0.2) is 0 Å². The van der Waals surface area contributed by atoms with Gasteiger partial charge >= 0.3 is 0 Å². The molecule has 2 N–H and O–H groups in total. The molecule has 3 aliphatic rings. The summed E-state index contributed by atoms with van der Waals surface area (Å²) in [5.41, 5.74) is 7.76. The Labute approximate surface area is 103 Å². The molecule has 3 heterocycles. The lowest BCUT2D eigenvalue weighted by atomic mass is 9.95. The molecule has 0 aliphatic carbocycles. The first-order valence-electron chi connectivity index (χ1n) is 6.59. The average molecular weight is 231 g/mol. The van der Waals surface area contributed by atoms with Crippen LogP contribution in [0.5, 0.6) is 0 Å². The summed E-state index contributed by atoms with van der Waals surface area (Å²) in [4.78, 5) is 5.13. The van der Waals surface area contributed by atoms with Gasteiger partial charge in [0.2, 0.25) is 0 Å². The van der Waals surface area contributed by atoms with Crippen LogP contribution in [0.15, 0.2) is 30.3 Å². The predicted molar refractivity (Wildman–Crippen MR) is 69.9 cm³/mol. The molecule has 3 fully saturated rings. The Hall–Kier alpha value is -0.900. The third-order valence-corrected chi connectivity index (χ3v) is 4.13. The lowest BCUT2D eigenvalue weighted by molar-refractivity contribution is 0.00258. The topological polar surface area (TPSA) is 32.5 Å². The predicted octanol–water partition coefficient (Wildman–Crippen LogP) is 0.556. The molecule has 3 aliphatic heterocycles. The van der Waals surface area contributed by atoms with Crippen LogP contribution in [-0.4, -0.2) is 54.6 Å². The van der Waals surface area contributed by atoms with Gasteiger partial charge in [0, 0.05) is 44.8 Å². The van der Waals surface area contributed by atoms with Crippen molar-refractivity contribution >= 4 is 0 Å². The minimum absolute atomic E-state index is 0.264. The van der Waals surface area contributed by atoms with Crippen molar-refractivity contribution in [1.82, 2.24) is 9.80 Å². The number of nitrogens with two attached hydrogens (primary N) is 1. The number of hydrogen-bond donors (Lipinski definition) is 1. The Morgan fingerprint density at radius 2 is 1.82 bits per heavy atom. The van der Waals surface area contributed by atoms with Gasteiger partial charge in [-0.3, -0.25) is 9.80 Å². The molecule has 1 aromatic carbocycles. The van der Waals surface area contributed by atoms with Crippen molar-refractivity contribution in [2.75, 3.05) is 32.7 Å². The Morgan fingerprint density at radius 3 is 2.41 bits per heavy atom. The monoisotopic (exact) mass is 231 g/mol. The van der Waals surface area contributed by atoms with Crippen molar-refractivity contribution in [3.63, 3.8) is 0 Å². The summed E-state index contributed by atoms with van der Waals surface area (Å²) < 4.78 is 0. The highest BCUT2D eigenvalue weighted by molar-refractivity contribution is 5.16. The van der Waals surface area contributed by atoms with Gasteiger partial charge in [0.05, 0.1) is 0 Å². The van der Waals surface area contributed by atoms with Crippen LogP contribution in [0.25, 0.3) is 0 Å². The molecule has 0 saturated carbocycles. The molecule has 17 heavy (non-hydrogen) atoms. The van der Waals surface area contributed by atoms with Gasteiger partial charge in [-0.2, -0.15) is 0 Å². The number of hydrogen-bond acceptors (Lipinski definition) is 3. The summed E-state index contributed by atoms with van der Waals surface area (Å²) in [6.07, 6.45) is 0.996. The largest absolute Gasteiger partial charge is 0.326 e. The number of fused-ring (bicyclic) bond motifs is 3. The van der Waals surface area contributed by atoms with Crippen molar-refractivity contribution in [2.45, 2.75) is 18.5 Å². The zero-order valence-electron chi connectivity index (χ0n) is 10.3. The summed E-state index contributed by atoms with van der Waals surface area (Å²) in [5, 5.41) is 0. The summed E-state index contributed by atoms with van der Waals surface area (Å²) in [6, 6.07) is 11.4. The number of benzene rings is 1. The van der Waals surface area contributed by atoms with E-state index in [1.54, 1.807) is 0 Å². The minimum Gasteiger partial charge on any atom is -0.326 e. The number of piperazine rings is 3. The van der Waals surface area contributed by atoms with Crippen LogP contribution in [0, 0.1) is 0 Å². The van der Waals surface area contributed by atoms with Gasteiger partial charge < -0.3 is 5.73 Å². The van der Waals surface area contributed by atoms with Crippen molar-refractivity contribution in [2.24, 2.45) is 5.73 Å². The molecule has 2 unspecified atom stereocenters. The molecule has 0 spiro atoms. The molecular formula is C14H21N3. The average Bonchev–Trinajstić information content (AvgIpc) is 2.41. The smallest absolute Gasteiger partial charge is 0.0378 e. The second kappa shape index (κ2) is 4.77. The second-order valence-corrected chi connectivity index (χ2v) is 5.26. The van der Waals surface area contributed by atoms with E-state index in [2.05, 4.69) is 40.1 Å². The summed E-state index contributed by atoms with van der Waals surface area (Å²) in [7, 11) is 0. The maximum absolute atomic E-state index is 6.40. The van der Waals surface area contributed by atoms with E-state index in [9.17, 15) is 0 Å². The molecule has 2 bridgehead atoms. The molecule has 1 aromatic rings. The number of nitrogens with zero attached hydrogens (tertiary/aromatic N) is 2. The van der Waals surface area contributed by atoms with Crippen LogP contribution in [0.2, 0.25) is 0 Å². The van der Waals surface area contributed by atoms with E-state index in [0.717, 1.165) is 13.0 Å². The van der Waals surface area contributed by atoms with Gasteiger partial charge in [0.1, 0.15) is 0 Å². The van der Waals surface area contributed by atoms with Gasteiger partial charge in [-0.25, -0.2) is 0 Å². The molecule has 0 amide bonds. The maximum Gasteiger partial charge on any atom is 0.0378 e. The molecule has 4 rings (SSSR count). The van der Waals surface area contributed by atoms with E-state index >= 15 is 0 Å². The zero-order chi connectivity index (χ0) is 11.7. The second-order valence-electron chi connectivity index (χ2n) is 5.26. The molecule has 3 saturated heterocycles. The third kappa shape index (κ3) is 2.37. The standard InChI is InChI=1S/C14H21N3/c15-13(10-12-4-2-1-3-5-12)14-11-16-6-8-17(14)9-7-16/h1-5,13-14H,6-11,15H2. The Bertz CT molecular complexity index is 357. The quantitative estimate of drug-likeness (QED) is 0.825. The maximum atomic E-state index is 6.40. The Balaban J connectivity index is 1.64. The zero-order valence-corrected chi connectivity index (χ0v) is 10.3. The van der Waals surface area contributed by atoms with E-state index in [0.29, 0.717) is 6.04 Å². The third-order valence-electron chi connectivity index (χ3n) is 4.13. The lowest BCUT2D eigenvalue weighted by Gasteiger charge is -2.49. The highest BCUT2D eigenvalue weighted by Crippen LogP contribution is 2.19. The van der Waals surface area contributed by atoms with Crippen molar-refractivity contribution in [3.8, 4) is 0 Å². The van der Waals surface area contributed by atoms with Gasteiger partial charge in [-0.1, -0.05) is 30.3 Å². The van der Waals surface area contributed by atoms with E-state index in [1.807, 2.05) is 0 Å². The molecule has 3 nitrogen and oxygen atoms in total. The fraction of sp³-hybridized carbons (Fsp3) is 0.571. The van der Waals surface area contributed by atoms with Crippen LogP contribution in [0.4, 0.5) is 0 Å². The first-order valence-corrected chi connectivity index (χ1v) is 6.59. The van der Waals surface area contributed by atoms with E-state index < -0.39 is 0 Å². The minimum atomic E-state index is 0.264. The van der Waals surface area contributed by atoms with Crippen LogP contribution in [-0.2, 0) is 6.42 Å². The summed E-state index contributed by atoms with van der Waals surface area (Å²) >= 11 is 0. The van der Waals surface area contributed by atoms with Crippen molar-refractivity contribution in [1.29, 1.82) is 0 Å². The molecular weight excluding hydrogens is 210 g/mol. The van der Waals surface area contributed by atoms with Crippen LogP contribution >= 0.6 is 0 Å². The van der Waals surface area contributed by atoms with Gasteiger partial charge in [0.25, 0.3) is 0 Å². The first kappa shape index (κ1) is 11.2. The van der Waals surface area contributed by atoms with E-state index in [-0.39, 0.29) is 6.04 Å².